The number of hydrogen-bond acceptors (Lipinski definition) is 5. The summed E-state index contributed by atoms with van der Waals surface area (Å²) in [6.45, 7) is 6.98. The number of amides is 1. The van der Waals surface area contributed by atoms with Crippen molar-refractivity contribution in [2.45, 2.75) is 26.3 Å². The Balaban J connectivity index is 1.93. The highest BCUT2D eigenvalue weighted by molar-refractivity contribution is 5.82. The predicted octanol–water partition coefficient (Wildman–Crippen LogP) is 1.11. The van der Waals surface area contributed by atoms with Gasteiger partial charge in [-0.15, -0.1) is 0 Å². The molecule has 1 amide bonds. The van der Waals surface area contributed by atoms with Crippen molar-refractivity contribution in [1.29, 1.82) is 0 Å². The van der Waals surface area contributed by atoms with Crippen LogP contribution in [0.15, 0.2) is 18.3 Å². The lowest BCUT2D eigenvalue weighted by Gasteiger charge is -2.37. The summed E-state index contributed by atoms with van der Waals surface area (Å²) in [5.41, 5.74) is 6.05. The third kappa shape index (κ3) is 3.68. The third-order valence-corrected chi connectivity index (χ3v) is 4.41. The van der Waals surface area contributed by atoms with E-state index in [-0.39, 0.29) is 11.8 Å². The van der Waals surface area contributed by atoms with Crippen molar-refractivity contribution in [3.05, 3.63) is 18.3 Å². The first kappa shape index (κ1) is 16.5. The minimum absolute atomic E-state index is 0.0626. The molecule has 2 atom stereocenters. The molecule has 0 bridgehead atoms. The van der Waals surface area contributed by atoms with Gasteiger partial charge in [0.05, 0.1) is 13.2 Å². The molecule has 22 heavy (non-hydrogen) atoms. The number of carbonyl (C=O) groups is 1. The van der Waals surface area contributed by atoms with Crippen molar-refractivity contribution >= 4 is 11.7 Å². The summed E-state index contributed by atoms with van der Waals surface area (Å²) in [6, 6.07) is 3.35. The molecule has 1 fully saturated rings. The van der Waals surface area contributed by atoms with E-state index in [1.807, 2.05) is 24.0 Å². The molecule has 0 spiro atoms. The van der Waals surface area contributed by atoms with Gasteiger partial charge in [-0.1, -0.05) is 20.3 Å². The van der Waals surface area contributed by atoms with Gasteiger partial charge in [0.1, 0.15) is 11.6 Å². The van der Waals surface area contributed by atoms with Crippen LogP contribution in [0.3, 0.4) is 0 Å². The van der Waals surface area contributed by atoms with E-state index in [4.69, 9.17) is 10.5 Å². The highest BCUT2D eigenvalue weighted by Gasteiger charge is 2.28. The maximum atomic E-state index is 12.4. The van der Waals surface area contributed by atoms with Gasteiger partial charge in [0, 0.05) is 38.4 Å². The number of hydrogen-bond donors (Lipinski definition) is 1. The number of nitrogens with zero attached hydrogens (tertiary/aromatic N) is 3. The lowest BCUT2D eigenvalue weighted by Crippen LogP contribution is -2.54. The van der Waals surface area contributed by atoms with Crippen molar-refractivity contribution in [2.75, 3.05) is 38.2 Å². The second kappa shape index (κ2) is 7.45. The average molecular weight is 306 g/mol. The molecule has 1 aromatic heterocycles. The number of rotatable bonds is 5. The van der Waals surface area contributed by atoms with Gasteiger partial charge in [0.2, 0.25) is 5.91 Å². The van der Waals surface area contributed by atoms with Crippen LogP contribution in [0.2, 0.25) is 0 Å². The molecule has 2 N–H and O–H groups in total. The van der Waals surface area contributed by atoms with Gasteiger partial charge in [-0.2, -0.15) is 0 Å². The van der Waals surface area contributed by atoms with E-state index >= 15 is 0 Å². The number of carbonyl (C=O) groups excluding carboxylic acids is 1. The number of methoxy groups -OCH3 is 1. The number of ether oxygens (including phenoxy) is 1. The summed E-state index contributed by atoms with van der Waals surface area (Å²) >= 11 is 0. The second-order valence-electron chi connectivity index (χ2n) is 5.78. The monoisotopic (exact) mass is 306 g/mol. The first-order valence-corrected chi connectivity index (χ1v) is 7.86. The zero-order valence-electron chi connectivity index (χ0n) is 13.7. The van der Waals surface area contributed by atoms with Crippen LogP contribution in [-0.4, -0.2) is 55.1 Å². The standard InChI is InChI=1S/C16H26N4O2/c1-4-12(2)15(17)16(21)20-9-7-19(8-10-20)14-11-13(22-3)5-6-18-14/h5-6,11-12,15H,4,7-10,17H2,1-3H3. The van der Waals surface area contributed by atoms with E-state index in [0.29, 0.717) is 13.1 Å². The molecular formula is C16H26N4O2. The maximum absolute atomic E-state index is 12.4. The Morgan fingerprint density at radius 3 is 2.68 bits per heavy atom. The number of aromatic nitrogens is 1. The maximum Gasteiger partial charge on any atom is 0.239 e. The summed E-state index contributed by atoms with van der Waals surface area (Å²) in [5.74, 6) is 1.96. The summed E-state index contributed by atoms with van der Waals surface area (Å²) in [7, 11) is 1.64. The number of piperazine rings is 1. The minimum atomic E-state index is -0.397. The first-order valence-electron chi connectivity index (χ1n) is 7.86. The van der Waals surface area contributed by atoms with E-state index in [9.17, 15) is 4.79 Å². The van der Waals surface area contributed by atoms with Crippen LogP contribution in [-0.2, 0) is 4.79 Å². The van der Waals surface area contributed by atoms with Gasteiger partial charge < -0.3 is 20.3 Å². The minimum Gasteiger partial charge on any atom is -0.497 e. The normalized spacial score (nSPS) is 18.0. The topological polar surface area (TPSA) is 71.7 Å². The van der Waals surface area contributed by atoms with Crippen molar-refractivity contribution in [1.82, 2.24) is 9.88 Å². The SMILES string of the molecule is CCC(C)C(N)C(=O)N1CCN(c2cc(OC)ccn2)CC1. The zero-order valence-corrected chi connectivity index (χ0v) is 13.7. The van der Waals surface area contributed by atoms with Gasteiger partial charge in [-0.25, -0.2) is 4.98 Å². The average Bonchev–Trinajstić information content (AvgIpc) is 2.59. The van der Waals surface area contributed by atoms with Gasteiger partial charge in [0.25, 0.3) is 0 Å². The van der Waals surface area contributed by atoms with Crippen LogP contribution in [0, 0.1) is 5.92 Å². The summed E-state index contributed by atoms with van der Waals surface area (Å²) < 4.78 is 5.23. The molecule has 0 aromatic carbocycles. The van der Waals surface area contributed by atoms with E-state index in [0.717, 1.165) is 31.1 Å². The second-order valence-corrected chi connectivity index (χ2v) is 5.78. The van der Waals surface area contributed by atoms with Crippen molar-refractivity contribution in [3.8, 4) is 5.75 Å². The largest absolute Gasteiger partial charge is 0.497 e. The van der Waals surface area contributed by atoms with Crippen LogP contribution < -0.4 is 15.4 Å². The van der Waals surface area contributed by atoms with Gasteiger partial charge in [-0.05, 0) is 12.0 Å². The fraction of sp³-hybridized carbons (Fsp3) is 0.625. The lowest BCUT2D eigenvalue weighted by atomic mass is 9.98. The number of anilines is 1. The molecule has 1 saturated heterocycles. The van der Waals surface area contributed by atoms with Crippen molar-refractivity contribution in [3.63, 3.8) is 0 Å². The van der Waals surface area contributed by atoms with Gasteiger partial charge in [0.15, 0.2) is 0 Å². The molecule has 0 radical (unpaired) electrons. The molecular weight excluding hydrogens is 280 g/mol. The predicted molar refractivity (Wildman–Crippen MR) is 87.0 cm³/mol. The van der Waals surface area contributed by atoms with E-state index < -0.39 is 6.04 Å². The number of pyridine rings is 1. The number of nitrogens with two attached hydrogens (primary N) is 1. The Morgan fingerprint density at radius 1 is 1.41 bits per heavy atom. The van der Waals surface area contributed by atoms with Crippen LogP contribution in [0.1, 0.15) is 20.3 Å². The summed E-state index contributed by atoms with van der Waals surface area (Å²) in [5, 5.41) is 0. The van der Waals surface area contributed by atoms with Crippen LogP contribution in [0.25, 0.3) is 0 Å². The Morgan fingerprint density at radius 2 is 2.09 bits per heavy atom. The van der Waals surface area contributed by atoms with Crippen LogP contribution in [0.4, 0.5) is 5.82 Å². The molecule has 1 aliphatic rings. The smallest absolute Gasteiger partial charge is 0.239 e. The molecule has 1 aliphatic heterocycles. The Bertz CT molecular complexity index is 501. The Labute approximate surface area is 132 Å². The molecule has 122 valence electrons. The third-order valence-electron chi connectivity index (χ3n) is 4.41. The molecule has 0 aliphatic carbocycles. The molecule has 2 rings (SSSR count). The fourth-order valence-corrected chi connectivity index (χ4v) is 2.56. The van der Waals surface area contributed by atoms with Crippen molar-refractivity contribution in [2.24, 2.45) is 11.7 Å². The van der Waals surface area contributed by atoms with E-state index in [1.54, 1.807) is 13.3 Å². The molecule has 6 nitrogen and oxygen atoms in total. The highest BCUT2D eigenvalue weighted by Crippen LogP contribution is 2.19. The highest BCUT2D eigenvalue weighted by atomic mass is 16.5. The van der Waals surface area contributed by atoms with Crippen LogP contribution in [0.5, 0.6) is 5.75 Å². The lowest BCUT2D eigenvalue weighted by molar-refractivity contribution is -0.134. The van der Waals surface area contributed by atoms with Gasteiger partial charge >= 0.3 is 0 Å². The quantitative estimate of drug-likeness (QED) is 0.882. The molecule has 1 aromatic rings. The molecule has 2 unspecified atom stereocenters. The Hall–Kier alpha value is -1.82. The van der Waals surface area contributed by atoms with Gasteiger partial charge in [-0.3, -0.25) is 4.79 Å². The Kier molecular flexibility index (Phi) is 5.60. The van der Waals surface area contributed by atoms with E-state index in [2.05, 4.69) is 16.8 Å². The molecule has 0 saturated carbocycles. The van der Waals surface area contributed by atoms with E-state index in [1.165, 1.54) is 0 Å². The molecule has 6 heteroatoms. The summed E-state index contributed by atoms with van der Waals surface area (Å²) in [6.07, 6.45) is 2.66. The van der Waals surface area contributed by atoms with Crippen molar-refractivity contribution < 1.29 is 9.53 Å². The van der Waals surface area contributed by atoms with Crippen LogP contribution >= 0.6 is 0 Å². The fourth-order valence-electron chi connectivity index (χ4n) is 2.56. The molecule has 2 heterocycles. The summed E-state index contributed by atoms with van der Waals surface area (Å²) in [4.78, 5) is 20.8. The first-order chi connectivity index (χ1) is 10.6. The zero-order chi connectivity index (χ0) is 16.1.